The number of rotatable bonds is 4. The largest absolute Gasteiger partial charge is 0.351 e. The first kappa shape index (κ1) is 14.0. The summed E-state index contributed by atoms with van der Waals surface area (Å²) in [6, 6.07) is -1.19. The second-order valence-electron chi connectivity index (χ2n) is 5.33. The average molecular weight is 241 g/mol. The maximum atomic E-state index is 11.5. The SMILES string of the molecule is CC(NCC1(C)CCCCC1)C(=O)NC(N)=O. The first-order valence-electron chi connectivity index (χ1n) is 6.27. The summed E-state index contributed by atoms with van der Waals surface area (Å²) >= 11 is 0. The number of imide groups is 1. The van der Waals surface area contributed by atoms with E-state index in [1.165, 1.54) is 32.1 Å². The van der Waals surface area contributed by atoms with Gasteiger partial charge in [0.05, 0.1) is 6.04 Å². The van der Waals surface area contributed by atoms with E-state index in [2.05, 4.69) is 17.6 Å². The summed E-state index contributed by atoms with van der Waals surface area (Å²) in [6.07, 6.45) is 6.24. The van der Waals surface area contributed by atoms with Crippen LogP contribution in [0.2, 0.25) is 0 Å². The number of carbonyl (C=O) groups excluding carboxylic acids is 2. The minimum absolute atomic E-state index is 0.277. The van der Waals surface area contributed by atoms with E-state index >= 15 is 0 Å². The zero-order chi connectivity index (χ0) is 12.9. The average Bonchev–Trinajstić information content (AvgIpc) is 2.26. The molecule has 3 amide bonds. The topological polar surface area (TPSA) is 84.2 Å². The number of urea groups is 1. The molecule has 0 spiro atoms. The molecule has 0 saturated heterocycles. The number of nitrogens with one attached hydrogen (secondary N) is 2. The van der Waals surface area contributed by atoms with E-state index in [-0.39, 0.29) is 17.4 Å². The summed E-state index contributed by atoms with van der Waals surface area (Å²) in [5.41, 5.74) is 5.17. The Hall–Kier alpha value is -1.10. The highest BCUT2D eigenvalue weighted by Gasteiger charge is 2.27. The quantitative estimate of drug-likeness (QED) is 0.690. The second kappa shape index (κ2) is 6.00. The molecule has 1 aliphatic rings. The maximum absolute atomic E-state index is 11.5. The van der Waals surface area contributed by atoms with E-state index in [4.69, 9.17) is 5.73 Å². The van der Waals surface area contributed by atoms with Gasteiger partial charge in [-0.05, 0) is 25.2 Å². The van der Waals surface area contributed by atoms with Crippen LogP contribution in [-0.4, -0.2) is 24.5 Å². The lowest BCUT2D eigenvalue weighted by Gasteiger charge is -2.34. The molecular weight excluding hydrogens is 218 g/mol. The molecule has 1 fully saturated rings. The van der Waals surface area contributed by atoms with Gasteiger partial charge in [-0.15, -0.1) is 0 Å². The van der Waals surface area contributed by atoms with Crippen molar-refractivity contribution in [1.82, 2.24) is 10.6 Å². The number of primary amides is 1. The predicted molar refractivity (Wildman–Crippen MR) is 66.4 cm³/mol. The van der Waals surface area contributed by atoms with Gasteiger partial charge in [-0.2, -0.15) is 0 Å². The Bertz CT molecular complexity index is 285. The fourth-order valence-electron chi connectivity index (χ4n) is 2.30. The third-order valence-electron chi connectivity index (χ3n) is 3.54. The Morgan fingerprint density at radius 3 is 2.41 bits per heavy atom. The molecule has 98 valence electrons. The van der Waals surface area contributed by atoms with Crippen LogP contribution >= 0.6 is 0 Å². The molecule has 0 aromatic carbocycles. The van der Waals surface area contributed by atoms with Crippen LogP contribution in [-0.2, 0) is 4.79 Å². The molecule has 0 aliphatic heterocycles. The predicted octanol–water partition coefficient (Wildman–Crippen LogP) is 1.13. The van der Waals surface area contributed by atoms with Gasteiger partial charge in [-0.3, -0.25) is 10.1 Å². The van der Waals surface area contributed by atoms with Gasteiger partial charge in [0.2, 0.25) is 5.91 Å². The molecule has 1 aliphatic carbocycles. The van der Waals surface area contributed by atoms with Crippen molar-refractivity contribution in [3.63, 3.8) is 0 Å². The first-order chi connectivity index (χ1) is 7.93. The Kier molecular flexibility index (Phi) is 4.93. The normalized spacial score (nSPS) is 20.6. The van der Waals surface area contributed by atoms with Crippen LogP contribution in [0.25, 0.3) is 0 Å². The third-order valence-corrected chi connectivity index (χ3v) is 3.54. The summed E-state index contributed by atoms with van der Waals surface area (Å²) in [4.78, 5) is 22.0. The lowest BCUT2D eigenvalue weighted by molar-refractivity contribution is -0.121. The Morgan fingerprint density at radius 1 is 1.29 bits per heavy atom. The van der Waals surface area contributed by atoms with Gasteiger partial charge in [0.1, 0.15) is 0 Å². The van der Waals surface area contributed by atoms with Crippen molar-refractivity contribution in [3.8, 4) is 0 Å². The molecule has 0 aromatic heterocycles. The van der Waals surface area contributed by atoms with Gasteiger partial charge in [0.15, 0.2) is 0 Å². The van der Waals surface area contributed by atoms with Gasteiger partial charge < -0.3 is 11.1 Å². The molecule has 1 atom stereocenters. The van der Waals surface area contributed by atoms with E-state index in [1.807, 2.05) is 0 Å². The van der Waals surface area contributed by atoms with E-state index < -0.39 is 6.03 Å². The highest BCUT2D eigenvalue weighted by molar-refractivity contribution is 5.96. The van der Waals surface area contributed by atoms with Crippen molar-refractivity contribution < 1.29 is 9.59 Å². The zero-order valence-corrected chi connectivity index (χ0v) is 10.7. The van der Waals surface area contributed by atoms with Gasteiger partial charge >= 0.3 is 6.03 Å². The van der Waals surface area contributed by atoms with Crippen molar-refractivity contribution in [2.45, 2.75) is 52.0 Å². The fourth-order valence-corrected chi connectivity index (χ4v) is 2.30. The number of hydrogen-bond donors (Lipinski definition) is 3. The maximum Gasteiger partial charge on any atom is 0.318 e. The van der Waals surface area contributed by atoms with E-state index in [0.717, 1.165) is 6.54 Å². The van der Waals surface area contributed by atoms with Crippen LogP contribution in [0.3, 0.4) is 0 Å². The number of nitrogens with two attached hydrogens (primary N) is 1. The lowest BCUT2D eigenvalue weighted by atomic mass is 9.75. The number of carbonyl (C=O) groups is 2. The van der Waals surface area contributed by atoms with Crippen LogP contribution in [0.5, 0.6) is 0 Å². The molecule has 1 saturated carbocycles. The van der Waals surface area contributed by atoms with Crippen LogP contribution in [0, 0.1) is 5.41 Å². The molecule has 4 N–H and O–H groups in total. The monoisotopic (exact) mass is 241 g/mol. The van der Waals surface area contributed by atoms with Gasteiger partial charge in [0, 0.05) is 6.54 Å². The molecule has 17 heavy (non-hydrogen) atoms. The number of amides is 3. The minimum atomic E-state index is -0.799. The summed E-state index contributed by atoms with van der Waals surface area (Å²) in [5.74, 6) is -0.364. The van der Waals surface area contributed by atoms with Crippen molar-refractivity contribution in [2.24, 2.45) is 11.1 Å². The summed E-state index contributed by atoms with van der Waals surface area (Å²) in [7, 11) is 0. The molecule has 0 aromatic rings. The molecular formula is C12H23N3O2. The number of hydrogen-bond acceptors (Lipinski definition) is 3. The van der Waals surface area contributed by atoms with Crippen LogP contribution in [0.4, 0.5) is 4.79 Å². The fraction of sp³-hybridized carbons (Fsp3) is 0.833. The molecule has 0 bridgehead atoms. The minimum Gasteiger partial charge on any atom is -0.351 e. The van der Waals surface area contributed by atoms with Gasteiger partial charge in [0.25, 0.3) is 0 Å². The summed E-state index contributed by atoms with van der Waals surface area (Å²) in [5, 5.41) is 5.26. The van der Waals surface area contributed by atoms with E-state index in [1.54, 1.807) is 6.92 Å². The molecule has 5 nitrogen and oxygen atoms in total. The highest BCUT2D eigenvalue weighted by atomic mass is 16.2. The molecule has 1 unspecified atom stereocenters. The summed E-state index contributed by atoms with van der Waals surface area (Å²) < 4.78 is 0. The molecule has 0 radical (unpaired) electrons. The smallest absolute Gasteiger partial charge is 0.318 e. The zero-order valence-electron chi connectivity index (χ0n) is 10.7. The van der Waals surface area contributed by atoms with Gasteiger partial charge in [-0.25, -0.2) is 4.79 Å². The van der Waals surface area contributed by atoms with Crippen LogP contribution < -0.4 is 16.4 Å². The molecule has 1 rings (SSSR count). The summed E-state index contributed by atoms with van der Waals surface area (Å²) in [6.45, 7) is 4.79. The Morgan fingerprint density at radius 2 is 1.88 bits per heavy atom. The van der Waals surface area contributed by atoms with Crippen molar-refractivity contribution in [3.05, 3.63) is 0 Å². The Labute approximate surface area is 103 Å². The van der Waals surface area contributed by atoms with Crippen molar-refractivity contribution >= 4 is 11.9 Å². The van der Waals surface area contributed by atoms with Crippen LogP contribution in [0.1, 0.15) is 46.0 Å². The first-order valence-corrected chi connectivity index (χ1v) is 6.27. The van der Waals surface area contributed by atoms with Crippen molar-refractivity contribution in [2.75, 3.05) is 6.54 Å². The lowest BCUT2D eigenvalue weighted by Crippen LogP contribution is -2.49. The highest BCUT2D eigenvalue weighted by Crippen LogP contribution is 2.34. The van der Waals surface area contributed by atoms with Crippen LogP contribution in [0.15, 0.2) is 0 Å². The molecule has 5 heteroatoms. The van der Waals surface area contributed by atoms with Crippen molar-refractivity contribution in [1.29, 1.82) is 0 Å². The molecule has 0 heterocycles. The van der Waals surface area contributed by atoms with E-state index in [9.17, 15) is 9.59 Å². The van der Waals surface area contributed by atoms with Gasteiger partial charge in [-0.1, -0.05) is 26.2 Å². The van der Waals surface area contributed by atoms with E-state index in [0.29, 0.717) is 0 Å². The standard InChI is InChI=1S/C12H23N3O2/c1-9(10(16)15-11(13)17)14-8-12(2)6-4-3-5-7-12/h9,14H,3-8H2,1-2H3,(H3,13,15,16,17). The third kappa shape index (κ3) is 4.73. The Balaban J connectivity index is 2.33. The second-order valence-corrected chi connectivity index (χ2v) is 5.33.